The molecule has 36 heavy (non-hydrogen) atoms. The molecule has 0 spiro atoms. The van der Waals surface area contributed by atoms with Gasteiger partial charge in [-0.15, -0.1) is 0 Å². The predicted molar refractivity (Wildman–Crippen MR) is 135 cm³/mol. The van der Waals surface area contributed by atoms with Gasteiger partial charge >= 0.3 is 5.97 Å². The molecule has 0 fully saturated rings. The Balaban J connectivity index is 1.82. The molecule has 0 amide bonds. The van der Waals surface area contributed by atoms with Crippen LogP contribution in [0.1, 0.15) is 51.1 Å². The van der Waals surface area contributed by atoms with Crippen LogP contribution in [0.25, 0.3) is 11.1 Å². The lowest BCUT2D eigenvalue weighted by Crippen LogP contribution is -2.13. The number of benzene rings is 2. The largest absolute Gasteiger partial charge is 0.497 e. The van der Waals surface area contributed by atoms with E-state index in [1.54, 1.807) is 44.4 Å². The van der Waals surface area contributed by atoms with Gasteiger partial charge in [0.1, 0.15) is 29.7 Å². The molecule has 3 rings (SSSR count). The zero-order valence-corrected chi connectivity index (χ0v) is 21.5. The highest BCUT2D eigenvalue weighted by atomic mass is 19.1. The first-order chi connectivity index (χ1) is 17.1. The highest BCUT2D eigenvalue weighted by Crippen LogP contribution is 2.33. The first-order valence-electron chi connectivity index (χ1n) is 12.0. The van der Waals surface area contributed by atoms with Crippen LogP contribution in [0.2, 0.25) is 0 Å². The molecular weight excluding hydrogens is 464 g/mol. The van der Waals surface area contributed by atoms with E-state index in [2.05, 4.69) is 20.8 Å². The summed E-state index contributed by atoms with van der Waals surface area (Å²) in [5.41, 5.74) is 2.85. The summed E-state index contributed by atoms with van der Waals surface area (Å²) in [6.45, 7) is 8.46. The number of hydrogen-bond acceptors (Lipinski definition) is 5. The number of aryl methyl sites for hydroxylation is 1. The normalized spacial score (nSPS) is 11.3. The minimum absolute atomic E-state index is 0.0820. The number of rotatable bonds is 10. The van der Waals surface area contributed by atoms with E-state index in [-0.39, 0.29) is 43.3 Å². The fourth-order valence-corrected chi connectivity index (χ4v) is 3.81. The maximum absolute atomic E-state index is 14.7. The minimum Gasteiger partial charge on any atom is -0.497 e. The topological polar surface area (TPSA) is 57.7 Å². The van der Waals surface area contributed by atoms with Crippen molar-refractivity contribution >= 4 is 5.97 Å². The van der Waals surface area contributed by atoms with Crippen molar-refractivity contribution in [2.45, 2.75) is 53.6 Å². The molecule has 0 aliphatic heterocycles. The van der Waals surface area contributed by atoms with Crippen LogP contribution in [0, 0.1) is 17.0 Å². The van der Waals surface area contributed by atoms with Gasteiger partial charge in [-0.1, -0.05) is 26.8 Å². The second kappa shape index (κ2) is 12.0. The van der Waals surface area contributed by atoms with Crippen molar-refractivity contribution in [2.24, 2.45) is 5.41 Å². The Hall–Kier alpha value is -3.48. The van der Waals surface area contributed by atoms with Gasteiger partial charge < -0.3 is 14.2 Å². The third-order valence-electron chi connectivity index (χ3n) is 5.50. The van der Waals surface area contributed by atoms with Crippen LogP contribution in [0.4, 0.5) is 8.78 Å². The monoisotopic (exact) mass is 497 g/mol. The fraction of sp³-hybridized carbons (Fsp3) is 0.379. The van der Waals surface area contributed by atoms with Gasteiger partial charge in [0.2, 0.25) is 0 Å². The van der Waals surface area contributed by atoms with Gasteiger partial charge in [0.25, 0.3) is 0 Å². The quantitative estimate of drug-likeness (QED) is 0.292. The van der Waals surface area contributed by atoms with Gasteiger partial charge in [0.05, 0.1) is 19.4 Å². The number of carbonyl (C=O) groups is 1. The second-order valence-electron chi connectivity index (χ2n) is 9.73. The molecule has 1 heterocycles. The summed E-state index contributed by atoms with van der Waals surface area (Å²) in [6, 6.07) is 12.7. The third-order valence-corrected chi connectivity index (χ3v) is 5.50. The summed E-state index contributed by atoms with van der Waals surface area (Å²) in [6.07, 6.45) is 0.937. The molecule has 7 heteroatoms. The molecule has 1 aromatic heterocycles. The Kier molecular flexibility index (Phi) is 9.02. The van der Waals surface area contributed by atoms with E-state index in [1.165, 1.54) is 12.1 Å². The summed E-state index contributed by atoms with van der Waals surface area (Å²) >= 11 is 0. The number of halogens is 2. The van der Waals surface area contributed by atoms with Gasteiger partial charge in [-0.05, 0) is 73.2 Å². The van der Waals surface area contributed by atoms with Crippen molar-refractivity contribution < 1.29 is 27.8 Å². The SMILES string of the molecule is CCOC(=O)CCc1cc(OCc2ccc(-c3cc(OC)ccc3F)c(CC(C)(C)C)n2)ccc1F. The summed E-state index contributed by atoms with van der Waals surface area (Å²) in [4.78, 5) is 16.4. The Labute approximate surface area is 211 Å². The van der Waals surface area contributed by atoms with Crippen molar-refractivity contribution in [3.63, 3.8) is 0 Å². The molecule has 0 unspecified atom stereocenters. The average Bonchev–Trinajstić information content (AvgIpc) is 2.82. The van der Waals surface area contributed by atoms with Gasteiger partial charge in [0, 0.05) is 23.2 Å². The van der Waals surface area contributed by atoms with Crippen molar-refractivity contribution in [3.05, 3.63) is 77.1 Å². The highest BCUT2D eigenvalue weighted by Gasteiger charge is 2.19. The lowest BCUT2D eigenvalue weighted by Gasteiger charge is -2.21. The van der Waals surface area contributed by atoms with E-state index in [0.717, 1.165) is 5.69 Å². The first kappa shape index (κ1) is 27.1. The van der Waals surface area contributed by atoms with Crippen molar-refractivity contribution in [3.8, 4) is 22.6 Å². The molecule has 0 radical (unpaired) electrons. The number of carbonyl (C=O) groups excluding carboxylic acids is 1. The maximum atomic E-state index is 14.7. The molecule has 0 saturated heterocycles. The molecule has 192 valence electrons. The number of nitrogens with zero attached hydrogens (tertiary/aromatic N) is 1. The summed E-state index contributed by atoms with van der Waals surface area (Å²) in [5, 5.41) is 0. The van der Waals surface area contributed by atoms with E-state index < -0.39 is 5.82 Å². The number of pyridine rings is 1. The van der Waals surface area contributed by atoms with Gasteiger partial charge in [-0.25, -0.2) is 8.78 Å². The number of ether oxygens (including phenoxy) is 3. The van der Waals surface area contributed by atoms with Crippen molar-refractivity contribution in [1.82, 2.24) is 4.98 Å². The van der Waals surface area contributed by atoms with Crippen LogP contribution >= 0.6 is 0 Å². The summed E-state index contributed by atoms with van der Waals surface area (Å²) in [7, 11) is 1.55. The van der Waals surface area contributed by atoms with Crippen molar-refractivity contribution in [2.75, 3.05) is 13.7 Å². The van der Waals surface area contributed by atoms with Gasteiger partial charge in [0.15, 0.2) is 0 Å². The van der Waals surface area contributed by atoms with Crippen LogP contribution in [-0.2, 0) is 29.0 Å². The number of esters is 1. The lowest BCUT2D eigenvalue weighted by atomic mass is 9.87. The molecule has 0 N–H and O–H groups in total. The average molecular weight is 498 g/mol. The van der Waals surface area contributed by atoms with Gasteiger partial charge in [-0.3, -0.25) is 9.78 Å². The molecule has 2 aromatic carbocycles. The first-order valence-corrected chi connectivity index (χ1v) is 12.0. The molecule has 0 aliphatic rings. The van der Waals surface area contributed by atoms with E-state index >= 15 is 0 Å². The summed E-state index contributed by atoms with van der Waals surface area (Å²) < 4.78 is 45.0. The van der Waals surface area contributed by atoms with E-state index in [1.807, 2.05) is 6.07 Å². The lowest BCUT2D eigenvalue weighted by molar-refractivity contribution is -0.143. The van der Waals surface area contributed by atoms with E-state index in [0.29, 0.717) is 40.3 Å². The van der Waals surface area contributed by atoms with Crippen LogP contribution < -0.4 is 9.47 Å². The van der Waals surface area contributed by atoms with Crippen LogP contribution in [0.3, 0.4) is 0 Å². The number of hydrogen-bond donors (Lipinski definition) is 0. The van der Waals surface area contributed by atoms with Crippen LogP contribution in [-0.4, -0.2) is 24.7 Å². The summed E-state index contributed by atoms with van der Waals surface area (Å²) in [5.74, 6) is -0.0837. The molecule has 0 saturated carbocycles. The molecule has 0 bridgehead atoms. The Morgan fingerprint density at radius 1 is 0.944 bits per heavy atom. The van der Waals surface area contributed by atoms with Crippen molar-refractivity contribution in [1.29, 1.82) is 0 Å². The third kappa shape index (κ3) is 7.51. The molecular formula is C29H33F2NO4. The Bertz CT molecular complexity index is 1200. The number of methoxy groups -OCH3 is 1. The standard InChI is InChI=1S/C29H33F2NO4/c1-6-35-28(33)14-7-19-15-22(10-12-25(19)30)36-18-20-8-11-23(27(32-20)17-29(2,3)4)24-16-21(34-5)9-13-26(24)31/h8-13,15-16H,6-7,14,17-18H2,1-5H3. The van der Waals surface area contributed by atoms with Crippen LogP contribution in [0.15, 0.2) is 48.5 Å². The van der Waals surface area contributed by atoms with E-state index in [9.17, 15) is 13.6 Å². The highest BCUT2D eigenvalue weighted by molar-refractivity contribution is 5.70. The zero-order chi connectivity index (χ0) is 26.3. The van der Waals surface area contributed by atoms with Crippen LogP contribution in [0.5, 0.6) is 11.5 Å². The second-order valence-corrected chi connectivity index (χ2v) is 9.73. The maximum Gasteiger partial charge on any atom is 0.306 e. The molecule has 3 aromatic rings. The smallest absolute Gasteiger partial charge is 0.306 e. The predicted octanol–water partition coefficient (Wildman–Crippen LogP) is 6.70. The molecule has 5 nitrogen and oxygen atoms in total. The van der Waals surface area contributed by atoms with Gasteiger partial charge in [-0.2, -0.15) is 0 Å². The number of aromatic nitrogens is 1. The Morgan fingerprint density at radius 2 is 1.67 bits per heavy atom. The zero-order valence-electron chi connectivity index (χ0n) is 21.5. The molecule has 0 aliphatic carbocycles. The Morgan fingerprint density at radius 3 is 2.36 bits per heavy atom. The minimum atomic E-state index is -0.401. The van der Waals surface area contributed by atoms with E-state index in [4.69, 9.17) is 19.2 Å². The molecule has 0 atom stereocenters. The fourth-order valence-electron chi connectivity index (χ4n) is 3.81.